The van der Waals surface area contributed by atoms with Crippen LogP contribution in [0.15, 0.2) is 30.4 Å². The lowest BCUT2D eigenvalue weighted by Gasteiger charge is -2.38. The van der Waals surface area contributed by atoms with Crippen molar-refractivity contribution in [1.29, 1.82) is 0 Å². The van der Waals surface area contributed by atoms with Crippen LogP contribution in [0.1, 0.15) is 55.2 Å². The average Bonchev–Trinajstić information content (AvgIpc) is 2.69. The van der Waals surface area contributed by atoms with Crippen LogP contribution in [-0.2, 0) is 9.59 Å². The van der Waals surface area contributed by atoms with Gasteiger partial charge < -0.3 is 4.74 Å². The van der Waals surface area contributed by atoms with Gasteiger partial charge in [-0.3, -0.25) is 14.5 Å². The summed E-state index contributed by atoms with van der Waals surface area (Å²) in [6.45, 7) is 4.04. The summed E-state index contributed by atoms with van der Waals surface area (Å²) >= 11 is 0. The van der Waals surface area contributed by atoms with Crippen molar-refractivity contribution in [1.82, 2.24) is 4.90 Å². The molecule has 1 fully saturated rings. The Morgan fingerprint density at radius 1 is 1.19 bits per heavy atom. The molecule has 1 aliphatic carbocycles. The third-order valence-electron chi connectivity index (χ3n) is 5.92. The first-order chi connectivity index (χ1) is 13.0. The molecule has 0 N–H and O–H groups in total. The zero-order valence-corrected chi connectivity index (χ0v) is 16.5. The van der Waals surface area contributed by atoms with Gasteiger partial charge in [0.05, 0.1) is 7.11 Å². The summed E-state index contributed by atoms with van der Waals surface area (Å²) in [7, 11) is 1.65. The van der Waals surface area contributed by atoms with Gasteiger partial charge in [-0.25, -0.2) is 0 Å². The summed E-state index contributed by atoms with van der Waals surface area (Å²) in [5, 5.41) is 0. The molecule has 1 aliphatic heterocycles. The number of ether oxygens (including phenoxy) is 1. The monoisotopic (exact) mass is 367 g/mol. The van der Waals surface area contributed by atoms with Crippen LogP contribution in [0.25, 0.3) is 6.08 Å². The number of carbonyl (C=O) groups excluding carboxylic acids is 2. The molecule has 0 spiro atoms. The van der Waals surface area contributed by atoms with E-state index in [1.165, 1.54) is 36.3 Å². The van der Waals surface area contributed by atoms with E-state index in [0.717, 1.165) is 41.7 Å². The first kappa shape index (κ1) is 19.4. The van der Waals surface area contributed by atoms with Gasteiger partial charge in [0.15, 0.2) is 0 Å². The molecule has 2 aliphatic rings. The van der Waals surface area contributed by atoms with Crippen LogP contribution in [0.2, 0.25) is 0 Å². The Labute approximate surface area is 161 Å². The van der Waals surface area contributed by atoms with Crippen molar-refractivity contribution in [3.05, 3.63) is 47.1 Å². The Bertz CT molecular complexity index is 772. The van der Waals surface area contributed by atoms with E-state index in [0.29, 0.717) is 5.92 Å². The van der Waals surface area contributed by atoms with Crippen LogP contribution in [-0.4, -0.2) is 29.9 Å². The van der Waals surface area contributed by atoms with Crippen molar-refractivity contribution in [3.8, 4) is 5.75 Å². The Morgan fingerprint density at radius 3 is 2.63 bits per heavy atom. The zero-order valence-electron chi connectivity index (χ0n) is 16.5. The molecular formula is C23H29NO3. The van der Waals surface area contributed by atoms with Crippen molar-refractivity contribution in [2.24, 2.45) is 5.92 Å². The zero-order chi connectivity index (χ0) is 19.4. The van der Waals surface area contributed by atoms with Crippen LogP contribution in [0.3, 0.4) is 0 Å². The lowest BCUT2D eigenvalue weighted by Crippen LogP contribution is -2.49. The number of benzene rings is 1. The predicted molar refractivity (Wildman–Crippen MR) is 107 cm³/mol. The molecule has 2 amide bonds. The van der Waals surface area contributed by atoms with Crippen LogP contribution in [0.5, 0.6) is 5.75 Å². The van der Waals surface area contributed by atoms with Crippen molar-refractivity contribution < 1.29 is 14.3 Å². The highest BCUT2D eigenvalue weighted by Crippen LogP contribution is 2.33. The summed E-state index contributed by atoms with van der Waals surface area (Å²) in [6, 6.07) is 3.94. The normalized spacial score (nSPS) is 21.1. The molecule has 3 rings (SSSR count). The van der Waals surface area contributed by atoms with E-state index in [1.807, 2.05) is 32.1 Å². The lowest BCUT2D eigenvalue weighted by molar-refractivity contribution is -0.143. The van der Waals surface area contributed by atoms with Gasteiger partial charge in [-0.2, -0.15) is 0 Å². The molecule has 0 bridgehead atoms. The quantitative estimate of drug-likeness (QED) is 0.731. The van der Waals surface area contributed by atoms with Crippen molar-refractivity contribution in [2.45, 2.75) is 58.4 Å². The number of nitrogens with zero attached hydrogens (tertiary/aromatic N) is 1. The highest BCUT2D eigenvalue weighted by atomic mass is 16.5. The molecule has 1 saturated carbocycles. The van der Waals surface area contributed by atoms with Gasteiger partial charge in [-0.15, -0.1) is 0 Å². The summed E-state index contributed by atoms with van der Waals surface area (Å²) in [5.41, 5.74) is 3.10. The number of hydrogen-bond donors (Lipinski definition) is 0. The number of methoxy groups -OCH3 is 1. The number of imide groups is 1. The Hall–Kier alpha value is -2.36. The van der Waals surface area contributed by atoms with Gasteiger partial charge in [0.2, 0.25) is 0 Å². The van der Waals surface area contributed by atoms with E-state index in [1.54, 1.807) is 13.2 Å². The van der Waals surface area contributed by atoms with E-state index in [2.05, 4.69) is 0 Å². The van der Waals surface area contributed by atoms with Crippen LogP contribution >= 0.6 is 0 Å². The molecule has 1 unspecified atom stereocenters. The minimum absolute atomic E-state index is 0.00533. The second-order valence-electron chi connectivity index (χ2n) is 7.65. The summed E-state index contributed by atoms with van der Waals surface area (Å²) in [4.78, 5) is 26.8. The fourth-order valence-corrected chi connectivity index (χ4v) is 4.26. The predicted octanol–water partition coefficient (Wildman–Crippen LogP) is 4.59. The van der Waals surface area contributed by atoms with E-state index >= 15 is 0 Å². The van der Waals surface area contributed by atoms with E-state index in [4.69, 9.17) is 4.74 Å². The van der Waals surface area contributed by atoms with Gasteiger partial charge in [0.1, 0.15) is 5.75 Å². The smallest absolute Gasteiger partial charge is 0.253 e. The highest BCUT2D eigenvalue weighted by Gasteiger charge is 2.35. The molecular weight excluding hydrogens is 338 g/mol. The first-order valence-corrected chi connectivity index (χ1v) is 9.88. The number of aryl methyl sites for hydroxylation is 1. The maximum Gasteiger partial charge on any atom is 0.253 e. The minimum atomic E-state index is -0.225. The molecule has 4 nitrogen and oxygen atoms in total. The van der Waals surface area contributed by atoms with Gasteiger partial charge >= 0.3 is 0 Å². The largest absolute Gasteiger partial charge is 0.496 e. The van der Waals surface area contributed by atoms with E-state index < -0.39 is 0 Å². The summed E-state index contributed by atoms with van der Waals surface area (Å²) in [5.74, 6) is 0.812. The molecule has 1 atom stereocenters. The second kappa shape index (κ2) is 8.55. The van der Waals surface area contributed by atoms with Gasteiger partial charge in [0, 0.05) is 12.1 Å². The Kier molecular flexibility index (Phi) is 6.15. The first-order valence-electron chi connectivity index (χ1n) is 9.88. The summed E-state index contributed by atoms with van der Waals surface area (Å²) < 4.78 is 5.41. The Morgan fingerprint density at radius 2 is 1.93 bits per heavy atom. The van der Waals surface area contributed by atoms with Gasteiger partial charge in [-0.05, 0) is 73.9 Å². The molecule has 27 heavy (non-hydrogen) atoms. The third-order valence-corrected chi connectivity index (χ3v) is 5.92. The topological polar surface area (TPSA) is 46.6 Å². The van der Waals surface area contributed by atoms with Crippen LogP contribution in [0, 0.1) is 19.8 Å². The standard InChI is InChI=1S/C23H29NO3/c1-16-14-18(15-21(27-3)17(16)2)12-13-23(26)24-20(10-7-11-22(24)25)19-8-5-4-6-9-19/h7,11-15,19-20H,4-6,8-10H2,1-3H3/b13-12+. The fourth-order valence-electron chi connectivity index (χ4n) is 4.26. The summed E-state index contributed by atoms with van der Waals surface area (Å²) in [6.07, 6.45) is 13.4. The molecule has 1 heterocycles. The number of carbonyl (C=O) groups is 2. The van der Waals surface area contributed by atoms with Crippen LogP contribution in [0.4, 0.5) is 0 Å². The average molecular weight is 367 g/mol. The van der Waals surface area contributed by atoms with E-state index in [-0.39, 0.29) is 17.9 Å². The van der Waals surface area contributed by atoms with Gasteiger partial charge in [-0.1, -0.05) is 31.4 Å². The second-order valence-corrected chi connectivity index (χ2v) is 7.65. The van der Waals surface area contributed by atoms with E-state index in [9.17, 15) is 9.59 Å². The maximum atomic E-state index is 12.9. The molecule has 4 heteroatoms. The number of hydrogen-bond acceptors (Lipinski definition) is 3. The molecule has 0 saturated heterocycles. The Balaban J connectivity index is 1.80. The van der Waals surface area contributed by atoms with Crippen molar-refractivity contribution in [3.63, 3.8) is 0 Å². The number of rotatable bonds is 4. The fraction of sp³-hybridized carbons (Fsp3) is 0.478. The maximum absolute atomic E-state index is 12.9. The molecule has 0 aromatic heterocycles. The van der Waals surface area contributed by atoms with Crippen molar-refractivity contribution >= 4 is 17.9 Å². The number of amides is 2. The third kappa shape index (κ3) is 4.32. The molecule has 1 aromatic carbocycles. The molecule has 0 radical (unpaired) electrons. The SMILES string of the molecule is COc1cc(/C=C/C(=O)N2C(=O)C=CCC2C2CCCCC2)cc(C)c1C. The van der Waals surface area contributed by atoms with Gasteiger partial charge in [0.25, 0.3) is 11.8 Å². The highest BCUT2D eigenvalue weighted by molar-refractivity contribution is 6.07. The van der Waals surface area contributed by atoms with Crippen molar-refractivity contribution in [2.75, 3.05) is 7.11 Å². The molecule has 1 aromatic rings. The van der Waals surface area contributed by atoms with Crippen LogP contribution < -0.4 is 4.74 Å². The lowest BCUT2D eigenvalue weighted by atomic mass is 9.81. The molecule has 144 valence electrons. The minimum Gasteiger partial charge on any atom is -0.496 e.